The monoisotopic (exact) mass is 280 g/mol. The van der Waals surface area contributed by atoms with Crippen molar-refractivity contribution >= 4 is 23.7 Å². The highest BCUT2D eigenvalue weighted by molar-refractivity contribution is 8.00. The SMILES string of the molecule is COc1ccc(SCC(=O)NC(=O)NC2CC2)cc1. The molecule has 1 aromatic rings. The van der Waals surface area contributed by atoms with Gasteiger partial charge in [0.1, 0.15) is 5.75 Å². The molecule has 5 nitrogen and oxygen atoms in total. The summed E-state index contributed by atoms with van der Waals surface area (Å²) in [5.41, 5.74) is 0. The first-order chi connectivity index (χ1) is 9.17. The van der Waals surface area contributed by atoms with Gasteiger partial charge in [-0.1, -0.05) is 0 Å². The number of urea groups is 1. The van der Waals surface area contributed by atoms with Crippen molar-refractivity contribution in [3.8, 4) is 5.75 Å². The third-order valence-electron chi connectivity index (χ3n) is 2.59. The van der Waals surface area contributed by atoms with Gasteiger partial charge in [0.25, 0.3) is 0 Å². The van der Waals surface area contributed by atoms with Crippen molar-refractivity contribution in [3.63, 3.8) is 0 Å². The van der Waals surface area contributed by atoms with Crippen LogP contribution in [0.2, 0.25) is 0 Å². The van der Waals surface area contributed by atoms with Gasteiger partial charge in [0, 0.05) is 10.9 Å². The fraction of sp³-hybridized carbons (Fsp3) is 0.385. The Labute approximate surface area is 116 Å². The van der Waals surface area contributed by atoms with Gasteiger partial charge in [-0.2, -0.15) is 0 Å². The van der Waals surface area contributed by atoms with Gasteiger partial charge in [-0.3, -0.25) is 10.1 Å². The van der Waals surface area contributed by atoms with Crippen LogP contribution in [0.5, 0.6) is 5.75 Å². The predicted molar refractivity (Wildman–Crippen MR) is 73.4 cm³/mol. The van der Waals surface area contributed by atoms with Gasteiger partial charge >= 0.3 is 6.03 Å². The van der Waals surface area contributed by atoms with Crippen molar-refractivity contribution in [2.24, 2.45) is 0 Å². The van der Waals surface area contributed by atoms with Gasteiger partial charge in [0.15, 0.2) is 0 Å². The Morgan fingerprint density at radius 3 is 2.58 bits per heavy atom. The number of benzene rings is 1. The maximum absolute atomic E-state index is 11.5. The van der Waals surface area contributed by atoms with Crippen LogP contribution < -0.4 is 15.4 Å². The molecule has 1 aliphatic rings. The van der Waals surface area contributed by atoms with Gasteiger partial charge < -0.3 is 10.1 Å². The van der Waals surface area contributed by atoms with Gasteiger partial charge in [0.2, 0.25) is 5.91 Å². The molecule has 19 heavy (non-hydrogen) atoms. The Morgan fingerprint density at radius 2 is 2.00 bits per heavy atom. The van der Waals surface area contributed by atoms with Crippen LogP contribution in [0.1, 0.15) is 12.8 Å². The Balaban J connectivity index is 1.71. The van der Waals surface area contributed by atoms with Crippen molar-refractivity contribution in [2.75, 3.05) is 12.9 Å². The second-order valence-corrected chi connectivity index (χ2v) is 5.31. The van der Waals surface area contributed by atoms with E-state index in [9.17, 15) is 9.59 Å². The van der Waals surface area contributed by atoms with E-state index in [1.165, 1.54) is 11.8 Å². The summed E-state index contributed by atoms with van der Waals surface area (Å²) in [4.78, 5) is 23.8. The molecule has 0 saturated heterocycles. The molecule has 1 aliphatic carbocycles. The molecule has 1 fully saturated rings. The molecule has 0 atom stereocenters. The number of rotatable bonds is 5. The summed E-state index contributed by atoms with van der Waals surface area (Å²) in [6.07, 6.45) is 2.00. The first-order valence-electron chi connectivity index (χ1n) is 6.04. The van der Waals surface area contributed by atoms with Gasteiger partial charge in [-0.25, -0.2) is 4.79 Å². The number of thioether (sulfide) groups is 1. The number of nitrogens with one attached hydrogen (secondary N) is 2. The van der Waals surface area contributed by atoms with Crippen molar-refractivity contribution in [3.05, 3.63) is 24.3 Å². The van der Waals surface area contributed by atoms with Crippen LogP contribution in [0, 0.1) is 0 Å². The third kappa shape index (κ3) is 4.82. The van der Waals surface area contributed by atoms with Crippen molar-refractivity contribution in [2.45, 2.75) is 23.8 Å². The van der Waals surface area contributed by atoms with Crippen molar-refractivity contribution in [1.82, 2.24) is 10.6 Å². The highest BCUT2D eigenvalue weighted by Crippen LogP contribution is 2.21. The highest BCUT2D eigenvalue weighted by Gasteiger charge is 2.23. The molecule has 2 rings (SSSR count). The lowest BCUT2D eigenvalue weighted by atomic mass is 10.3. The zero-order valence-electron chi connectivity index (χ0n) is 10.6. The number of carbonyl (C=O) groups is 2. The van der Waals surface area contributed by atoms with Crippen LogP contribution in [0.25, 0.3) is 0 Å². The number of ether oxygens (including phenoxy) is 1. The molecule has 102 valence electrons. The minimum atomic E-state index is -0.400. The Bertz CT molecular complexity index is 457. The molecular formula is C13H16N2O3S. The summed E-state index contributed by atoms with van der Waals surface area (Å²) < 4.78 is 5.05. The smallest absolute Gasteiger partial charge is 0.321 e. The number of hydrogen-bond acceptors (Lipinski definition) is 4. The lowest BCUT2D eigenvalue weighted by Gasteiger charge is -2.05. The van der Waals surface area contributed by atoms with Crippen LogP contribution in [0.3, 0.4) is 0 Å². The van der Waals surface area contributed by atoms with E-state index in [1.807, 2.05) is 24.3 Å². The summed E-state index contributed by atoms with van der Waals surface area (Å²) in [7, 11) is 1.61. The van der Waals surface area contributed by atoms with E-state index in [0.717, 1.165) is 23.5 Å². The standard InChI is InChI=1S/C13H16N2O3S/c1-18-10-4-6-11(7-5-10)19-8-12(16)15-13(17)14-9-2-3-9/h4-7,9H,2-3,8H2,1H3,(H2,14,15,16,17). The molecule has 0 aromatic heterocycles. The topological polar surface area (TPSA) is 67.4 Å². The molecule has 6 heteroatoms. The molecule has 0 unspecified atom stereocenters. The summed E-state index contributed by atoms with van der Waals surface area (Å²) in [5.74, 6) is 0.696. The molecule has 3 amide bonds. The van der Waals surface area contributed by atoms with Crippen LogP contribution >= 0.6 is 11.8 Å². The molecule has 0 radical (unpaired) electrons. The van der Waals surface area contributed by atoms with Crippen molar-refractivity contribution in [1.29, 1.82) is 0 Å². The number of amides is 3. The second kappa shape index (κ2) is 6.47. The normalized spacial score (nSPS) is 13.7. The number of methoxy groups -OCH3 is 1. The molecule has 1 saturated carbocycles. The van der Waals surface area contributed by atoms with E-state index in [4.69, 9.17) is 4.74 Å². The van der Waals surface area contributed by atoms with Crippen molar-refractivity contribution < 1.29 is 14.3 Å². The molecule has 0 spiro atoms. The quantitative estimate of drug-likeness (QED) is 0.807. The minimum absolute atomic E-state index is 0.213. The maximum atomic E-state index is 11.5. The fourth-order valence-electron chi connectivity index (χ4n) is 1.43. The predicted octanol–water partition coefficient (Wildman–Crippen LogP) is 1.78. The van der Waals surface area contributed by atoms with Crippen LogP contribution in [-0.4, -0.2) is 30.8 Å². The molecule has 2 N–H and O–H groups in total. The van der Waals surface area contributed by atoms with E-state index in [-0.39, 0.29) is 17.7 Å². The Kier molecular flexibility index (Phi) is 4.68. The Hall–Kier alpha value is -1.69. The van der Waals surface area contributed by atoms with Gasteiger partial charge in [-0.15, -0.1) is 11.8 Å². The van der Waals surface area contributed by atoms with Gasteiger partial charge in [0.05, 0.1) is 12.9 Å². The summed E-state index contributed by atoms with van der Waals surface area (Å²) in [6.45, 7) is 0. The Morgan fingerprint density at radius 1 is 1.32 bits per heavy atom. The summed E-state index contributed by atoms with van der Waals surface area (Å²) >= 11 is 1.38. The summed E-state index contributed by atoms with van der Waals surface area (Å²) in [6, 6.07) is 7.27. The lowest BCUT2D eigenvalue weighted by Crippen LogP contribution is -2.41. The van der Waals surface area contributed by atoms with E-state index >= 15 is 0 Å². The first kappa shape index (κ1) is 13.7. The maximum Gasteiger partial charge on any atom is 0.321 e. The largest absolute Gasteiger partial charge is 0.497 e. The molecule has 1 aromatic carbocycles. The minimum Gasteiger partial charge on any atom is -0.497 e. The van der Waals surface area contributed by atoms with E-state index in [2.05, 4.69) is 10.6 Å². The molecule has 0 heterocycles. The van der Waals surface area contributed by atoms with Crippen LogP contribution in [0.15, 0.2) is 29.2 Å². The lowest BCUT2D eigenvalue weighted by molar-refractivity contribution is -0.117. The van der Waals surface area contributed by atoms with E-state index in [0.29, 0.717) is 0 Å². The molecular weight excluding hydrogens is 264 g/mol. The second-order valence-electron chi connectivity index (χ2n) is 4.26. The van der Waals surface area contributed by atoms with E-state index in [1.54, 1.807) is 7.11 Å². The fourth-order valence-corrected chi connectivity index (χ4v) is 2.13. The number of imide groups is 1. The van der Waals surface area contributed by atoms with Gasteiger partial charge in [-0.05, 0) is 37.1 Å². The van der Waals surface area contributed by atoms with Crippen LogP contribution in [0.4, 0.5) is 4.79 Å². The number of carbonyl (C=O) groups excluding carboxylic acids is 2. The third-order valence-corrected chi connectivity index (χ3v) is 3.61. The summed E-state index contributed by atoms with van der Waals surface area (Å²) in [5, 5.41) is 5.01. The zero-order chi connectivity index (χ0) is 13.7. The average Bonchev–Trinajstić information content (AvgIpc) is 3.20. The molecule has 0 bridgehead atoms. The van der Waals surface area contributed by atoms with E-state index < -0.39 is 6.03 Å². The average molecular weight is 280 g/mol. The first-order valence-corrected chi connectivity index (χ1v) is 7.03. The van der Waals surface area contributed by atoms with Crippen LogP contribution in [-0.2, 0) is 4.79 Å². The highest BCUT2D eigenvalue weighted by atomic mass is 32.2. The molecule has 0 aliphatic heterocycles. The zero-order valence-corrected chi connectivity index (χ0v) is 11.5. The number of hydrogen-bond donors (Lipinski definition) is 2.